The highest BCUT2D eigenvalue weighted by molar-refractivity contribution is 6.02. The lowest BCUT2D eigenvalue weighted by atomic mass is 10.1. The molecule has 0 aromatic rings. The monoisotopic (exact) mass is 342 g/mol. The summed E-state index contributed by atoms with van der Waals surface area (Å²) in [6, 6.07) is -0.925. The Kier molecular flexibility index (Phi) is 7.20. The molecular formula is C17H30N2O5. The Hall–Kier alpha value is -1.63. The molecule has 7 heteroatoms. The van der Waals surface area contributed by atoms with Gasteiger partial charge in [0.15, 0.2) is 11.8 Å². The number of hydrogen-bond donors (Lipinski definition) is 0. The van der Waals surface area contributed by atoms with Gasteiger partial charge in [0.2, 0.25) is 0 Å². The van der Waals surface area contributed by atoms with Gasteiger partial charge in [-0.05, 0) is 34.1 Å². The molecule has 0 radical (unpaired) electrons. The average Bonchev–Trinajstić information content (AvgIpc) is 2.67. The number of ether oxygens (including phenoxy) is 2. The van der Waals surface area contributed by atoms with E-state index in [2.05, 4.69) is 0 Å². The summed E-state index contributed by atoms with van der Waals surface area (Å²) in [6.45, 7) is 10.5. The number of Topliss-reactive ketones (excluding diaryl/α,β-unsaturated/α-hetero) is 1. The Labute approximate surface area is 144 Å². The van der Waals surface area contributed by atoms with E-state index in [1.54, 1.807) is 16.7 Å². The lowest BCUT2D eigenvalue weighted by molar-refractivity contribution is -0.151. The molecule has 1 saturated heterocycles. The number of methoxy groups -OCH3 is 1. The van der Waals surface area contributed by atoms with Crippen LogP contribution >= 0.6 is 0 Å². The molecule has 0 N–H and O–H groups in total. The van der Waals surface area contributed by atoms with Crippen LogP contribution in [0.4, 0.5) is 4.79 Å². The fourth-order valence-electron chi connectivity index (χ4n) is 2.72. The third-order valence-electron chi connectivity index (χ3n) is 4.07. The zero-order chi connectivity index (χ0) is 18.5. The molecule has 138 valence electrons. The van der Waals surface area contributed by atoms with Crippen LogP contribution in [0.2, 0.25) is 0 Å². The normalized spacial score (nSPS) is 20.9. The highest BCUT2D eigenvalue weighted by Gasteiger charge is 2.36. The van der Waals surface area contributed by atoms with Crippen LogP contribution in [0.1, 0.15) is 47.5 Å². The van der Waals surface area contributed by atoms with Crippen molar-refractivity contribution >= 4 is 17.8 Å². The van der Waals surface area contributed by atoms with Crippen LogP contribution in [0.5, 0.6) is 0 Å². The first kappa shape index (κ1) is 20.4. The Morgan fingerprint density at radius 2 is 1.79 bits per heavy atom. The van der Waals surface area contributed by atoms with E-state index in [0.717, 1.165) is 0 Å². The smallest absolute Gasteiger partial charge is 0.410 e. The fourth-order valence-corrected chi connectivity index (χ4v) is 2.72. The van der Waals surface area contributed by atoms with E-state index >= 15 is 0 Å². The predicted octanol–water partition coefficient (Wildman–Crippen LogP) is 1.84. The Morgan fingerprint density at radius 3 is 2.29 bits per heavy atom. The minimum atomic E-state index is -0.897. The highest BCUT2D eigenvalue weighted by Crippen LogP contribution is 2.18. The van der Waals surface area contributed by atoms with E-state index in [0.29, 0.717) is 26.1 Å². The molecule has 1 heterocycles. The van der Waals surface area contributed by atoms with Crippen molar-refractivity contribution in [2.24, 2.45) is 0 Å². The minimum Gasteiger partial charge on any atom is -0.468 e. The predicted molar refractivity (Wildman–Crippen MR) is 89.7 cm³/mol. The van der Waals surface area contributed by atoms with E-state index in [1.807, 2.05) is 27.7 Å². The van der Waals surface area contributed by atoms with Crippen molar-refractivity contribution < 1.29 is 23.9 Å². The summed E-state index contributed by atoms with van der Waals surface area (Å²) in [4.78, 5) is 40.0. The Balaban J connectivity index is 2.86. The number of nitrogens with zero attached hydrogens (tertiary/aromatic N) is 2. The van der Waals surface area contributed by atoms with E-state index < -0.39 is 17.6 Å². The molecule has 24 heavy (non-hydrogen) atoms. The number of carbonyl (C=O) groups excluding carboxylic acids is 3. The molecule has 1 amide bonds. The van der Waals surface area contributed by atoms with Crippen LogP contribution in [0.15, 0.2) is 0 Å². The van der Waals surface area contributed by atoms with Gasteiger partial charge in [-0.25, -0.2) is 9.59 Å². The molecule has 0 aromatic carbocycles. The second-order valence-corrected chi connectivity index (χ2v) is 7.09. The van der Waals surface area contributed by atoms with Crippen LogP contribution < -0.4 is 0 Å². The van der Waals surface area contributed by atoms with Crippen molar-refractivity contribution in [3.63, 3.8) is 0 Å². The van der Waals surface area contributed by atoms with Crippen molar-refractivity contribution in [1.82, 2.24) is 9.80 Å². The summed E-state index contributed by atoms with van der Waals surface area (Å²) in [6.07, 6.45) is 0.555. The zero-order valence-corrected chi connectivity index (χ0v) is 15.6. The van der Waals surface area contributed by atoms with Crippen LogP contribution in [0.3, 0.4) is 0 Å². The second kappa shape index (κ2) is 8.46. The van der Waals surface area contributed by atoms with E-state index in [4.69, 9.17) is 9.47 Å². The molecule has 2 atom stereocenters. The number of ketones is 1. The van der Waals surface area contributed by atoms with Gasteiger partial charge < -0.3 is 14.4 Å². The summed E-state index contributed by atoms with van der Waals surface area (Å²) in [5, 5.41) is 0. The third-order valence-corrected chi connectivity index (χ3v) is 4.07. The van der Waals surface area contributed by atoms with Crippen molar-refractivity contribution in [2.75, 3.05) is 26.7 Å². The average molecular weight is 342 g/mol. The lowest BCUT2D eigenvalue weighted by Crippen LogP contribution is -2.49. The minimum absolute atomic E-state index is 0.0279. The highest BCUT2D eigenvalue weighted by atomic mass is 16.6. The number of esters is 1. The molecule has 0 spiro atoms. The maximum atomic E-state index is 12.4. The van der Waals surface area contributed by atoms with Crippen LogP contribution in [0.25, 0.3) is 0 Å². The second-order valence-electron chi connectivity index (χ2n) is 7.09. The van der Waals surface area contributed by atoms with E-state index in [1.165, 1.54) is 7.11 Å². The Bertz CT molecular complexity index is 456. The number of carbonyl (C=O) groups is 3. The van der Waals surface area contributed by atoms with Crippen molar-refractivity contribution in [2.45, 2.75) is 65.1 Å². The summed E-state index contributed by atoms with van der Waals surface area (Å²) >= 11 is 0. The third kappa shape index (κ3) is 5.47. The molecule has 1 aliphatic heterocycles. The van der Waals surface area contributed by atoms with Gasteiger partial charge in [-0.1, -0.05) is 6.92 Å². The van der Waals surface area contributed by atoms with Gasteiger partial charge in [0.1, 0.15) is 5.60 Å². The van der Waals surface area contributed by atoms with Crippen LogP contribution in [0, 0.1) is 0 Å². The van der Waals surface area contributed by atoms with Gasteiger partial charge in [-0.3, -0.25) is 9.69 Å². The van der Waals surface area contributed by atoms with E-state index in [9.17, 15) is 14.4 Å². The first-order valence-corrected chi connectivity index (χ1v) is 8.45. The standard InChI is InChI=1S/C17H30N2O5/c1-7-13(20)14(15(21)23-6)18-9-8-12(2)19(11-10-18)16(22)24-17(3,4)5/h12,14H,7-11H2,1-6H3/t12-,14?/m1/s1. The molecule has 1 aliphatic rings. The molecule has 1 rings (SSSR count). The van der Waals surface area contributed by atoms with Crippen LogP contribution in [-0.2, 0) is 19.1 Å². The first-order valence-electron chi connectivity index (χ1n) is 8.45. The topological polar surface area (TPSA) is 76.2 Å². The molecule has 1 fully saturated rings. The van der Waals surface area contributed by atoms with Gasteiger partial charge in [0, 0.05) is 32.1 Å². The first-order chi connectivity index (χ1) is 11.1. The molecular weight excluding hydrogens is 312 g/mol. The SMILES string of the molecule is CCC(=O)C(C(=O)OC)N1CC[C@@H](C)N(C(=O)OC(C)(C)C)CC1. The quantitative estimate of drug-likeness (QED) is 0.573. The molecule has 1 unspecified atom stereocenters. The van der Waals surface area contributed by atoms with Gasteiger partial charge in [-0.15, -0.1) is 0 Å². The summed E-state index contributed by atoms with van der Waals surface area (Å²) < 4.78 is 10.2. The van der Waals surface area contributed by atoms with Crippen molar-refractivity contribution in [3.8, 4) is 0 Å². The maximum Gasteiger partial charge on any atom is 0.410 e. The van der Waals surface area contributed by atoms with Gasteiger partial charge in [0.25, 0.3) is 0 Å². The van der Waals surface area contributed by atoms with Crippen LogP contribution in [-0.4, -0.2) is 72.1 Å². The van der Waals surface area contributed by atoms with Crippen molar-refractivity contribution in [1.29, 1.82) is 0 Å². The van der Waals surface area contributed by atoms with Gasteiger partial charge in [-0.2, -0.15) is 0 Å². The van der Waals surface area contributed by atoms with E-state index in [-0.39, 0.29) is 24.3 Å². The number of rotatable bonds is 4. The zero-order valence-electron chi connectivity index (χ0n) is 15.6. The molecule has 0 saturated carbocycles. The summed E-state index contributed by atoms with van der Waals surface area (Å²) in [5.41, 5.74) is -0.560. The number of hydrogen-bond acceptors (Lipinski definition) is 6. The summed E-state index contributed by atoms with van der Waals surface area (Å²) in [7, 11) is 1.28. The summed E-state index contributed by atoms with van der Waals surface area (Å²) in [5.74, 6) is -0.708. The lowest BCUT2D eigenvalue weighted by Gasteiger charge is -2.30. The molecule has 0 bridgehead atoms. The number of amides is 1. The van der Waals surface area contributed by atoms with Gasteiger partial charge in [0.05, 0.1) is 7.11 Å². The maximum absolute atomic E-state index is 12.4. The van der Waals surface area contributed by atoms with Crippen molar-refractivity contribution in [3.05, 3.63) is 0 Å². The fraction of sp³-hybridized carbons (Fsp3) is 0.824. The molecule has 7 nitrogen and oxygen atoms in total. The largest absolute Gasteiger partial charge is 0.468 e. The Morgan fingerprint density at radius 1 is 1.17 bits per heavy atom. The molecule has 0 aromatic heterocycles. The van der Waals surface area contributed by atoms with Gasteiger partial charge >= 0.3 is 12.1 Å². The molecule has 0 aliphatic carbocycles.